The van der Waals surface area contributed by atoms with Crippen LogP contribution in [0.25, 0.3) is 0 Å². The van der Waals surface area contributed by atoms with Crippen LogP contribution in [-0.4, -0.2) is 50.2 Å². The minimum atomic E-state index is -0.652. The van der Waals surface area contributed by atoms with Gasteiger partial charge >= 0.3 is 5.97 Å². The summed E-state index contributed by atoms with van der Waals surface area (Å²) in [5.74, 6) is -0.511. The van der Waals surface area contributed by atoms with E-state index in [2.05, 4.69) is 0 Å². The molecule has 1 aromatic carbocycles. The van der Waals surface area contributed by atoms with Gasteiger partial charge in [-0.05, 0) is 29.7 Å². The van der Waals surface area contributed by atoms with Gasteiger partial charge in [0.15, 0.2) is 0 Å². The predicted octanol–water partition coefficient (Wildman–Crippen LogP) is 0.332. The topological polar surface area (TPSA) is 81.9 Å². The fraction of sp³-hybridized carbons (Fsp3) is 0.467. The minimum absolute atomic E-state index is 0.133. The van der Waals surface area contributed by atoms with Crippen molar-refractivity contribution in [3.8, 4) is 0 Å². The van der Waals surface area contributed by atoms with Gasteiger partial charge in [0.1, 0.15) is 6.04 Å². The second kappa shape index (κ2) is 6.69. The quantitative estimate of drug-likeness (QED) is 0.809. The van der Waals surface area contributed by atoms with Gasteiger partial charge in [0.25, 0.3) is 0 Å². The highest BCUT2D eigenvalue weighted by molar-refractivity contribution is 5.89. The van der Waals surface area contributed by atoms with Crippen LogP contribution in [0.4, 0.5) is 0 Å². The van der Waals surface area contributed by atoms with E-state index in [1.54, 1.807) is 17.0 Å². The highest BCUT2D eigenvalue weighted by Crippen LogP contribution is 2.21. The highest BCUT2D eigenvalue weighted by atomic mass is 16.5. The lowest BCUT2D eigenvalue weighted by Crippen LogP contribution is -2.47. The third-order valence-electron chi connectivity index (χ3n) is 3.61. The second-order valence-electron chi connectivity index (χ2n) is 5.05. The lowest BCUT2D eigenvalue weighted by atomic mass is 9.97. The second-order valence-corrected chi connectivity index (χ2v) is 5.05. The zero-order chi connectivity index (χ0) is 15.4. The smallest absolute Gasteiger partial charge is 0.337 e. The van der Waals surface area contributed by atoms with E-state index in [-0.39, 0.29) is 18.5 Å². The molecule has 2 rings (SSSR count). The van der Waals surface area contributed by atoms with Gasteiger partial charge in [-0.3, -0.25) is 4.79 Å². The van der Waals surface area contributed by atoms with Crippen molar-refractivity contribution >= 4 is 11.9 Å². The molecule has 0 bridgehead atoms. The Balaban J connectivity index is 2.15. The number of benzene rings is 1. The Morgan fingerprint density at radius 2 is 2.10 bits per heavy atom. The number of esters is 1. The van der Waals surface area contributed by atoms with Gasteiger partial charge in [-0.1, -0.05) is 6.07 Å². The molecule has 0 aromatic heterocycles. The molecule has 1 heterocycles. The lowest BCUT2D eigenvalue weighted by Gasteiger charge is -2.31. The van der Waals surface area contributed by atoms with Gasteiger partial charge in [-0.15, -0.1) is 0 Å². The average Bonchev–Trinajstić information content (AvgIpc) is 2.52. The standard InChI is InChI=1S/C15H20N2O4/c1-20-9-13(16)14(18)17-6-5-10-3-4-11(15(19)21-2)7-12(10)8-17/h3-4,7,13H,5-6,8-9,16H2,1-2H3. The molecule has 1 aromatic rings. The van der Waals surface area contributed by atoms with Crippen molar-refractivity contribution in [3.63, 3.8) is 0 Å². The van der Waals surface area contributed by atoms with Gasteiger partial charge in [-0.25, -0.2) is 4.79 Å². The van der Waals surface area contributed by atoms with Gasteiger partial charge in [0.2, 0.25) is 5.91 Å². The number of nitrogens with two attached hydrogens (primary N) is 1. The summed E-state index contributed by atoms with van der Waals surface area (Å²) in [5.41, 5.74) is 8.39. The number of hydrogen-bond donors (Lipinski definition) is 1. The molecule has 6 nitrogen and oxygen atoms in total. The Hall–Kier alpha value is -1.92. The van der Waals surface area contributed by atoms with E-state index in [4.69, 9.17) is 15.2 Å². The number of carbonyl (C=O) groups is 2. The number of rotatable bonds is 4. The Bertz CT molecular complexity index is 544. The van der Waals surface area contributed by atoms with E-state index >= 15 is 0 Å². The third kappa shape index (κ3) is 3.40. The first-order chi connectivity index (χ1) is 10.1. The summed E-state index contributed by atoms with van der Waals surface area (Å²) in [4.78, 5) is 25.5. The molecular weight excluding hydrogens is 272 g/mol. The monoisotopic (exact) mass is 292 g/mol. The van der Waals surface area contributed by atoms with Crippen molar-refractivity contribution in [2.24, 2.45) is 5.73 Å². The molecule has 1 unspecified atom stereocenters. The largest absolute Gasteiger partial charge is 0.465 e. The van der Waals surface area contributed by atoms with E-state index < -0.39 is 6.04 Å². The maximum atomic E-state index is 12.2. The Labute approximate surface area is 123 Å². The molecule has 0 aliphatic carbocycles. The van der Waals surface area contributed by atoms with Crippen molar-refractivity contribution in [1.29, 1.82) is 0 Å². The first-order valence-corrected chi connectivity index (χ1v) is 6.80. The lowest BCUT2D eigenvalue weighted by molar-refractivity contribution is -0.134. The molecule has 6 heteroatoms. The Morgan fingerprint density at radius 1 is 1.33 bits per heavy atom. The number of ether oxygens (including phenoxy) is 2. The summed E-state index contributed by atoms with van der Waals surface area (Å²) in [7, 11) is 2.86. The molecule has 0 saturated heterocycles. The molecule has 1 aliphatic rings. The molecule has 1 amide bonds. The summed E-state index contributed by atoms with van der Waals surface area (Å²) >= 11 is 0. The summed E-state index contributed by atoms with van der Waals surface area (Å²) < 4.78 is 9.63. The number of methoxy groups -OCH3 is 2. The van der Waals surface area contributed by atoms with Crippen molar-refractivity contribution in [1.82, 2.24) is 4.90 Å². The number of hydrogen-bond acceptors (Lipinski definition) is 5. The van der Waals surface area contributed by atoms with Gasteiger partial charge in [-0.2, -0.15) is 0 Å². The van der Waals surface area contributed by atoms with E-state index in [1.165, 1.54) is 14.2 Å². The highest BCUT2D eigenvalue weighted by Gasteiger charge is 2.25. The third-order valence-corrected chi connectivity index (χ3v) is 3.61. The van der Waals surface area contributed by atoms with Crippen LogP contribution < -0.4 is 5.73 Å². The number of nitrogens with zero attached hydrogens (tertiary/aromatic N) is 1. The van der Waals surface area contributed by atoms with Crippen LogP contribution in [0, 0.1) is 0 Å². The summed E-state index contributed by atoms with van der Waals surface area (Å²) in [6.45, 7) is 1.28. The van der Waals surface area contributed by atoms with Gasteiger partial charge in [0, 0.05) is 20.2 Å². The van der Waals surface area contributed by atoms with Gasteiger partial charge in [0.05, 0.1) is 19.3 Å². The van der Waals surface area contributed by atoms with Crippen molar-refractivity contribution < 1.29 is 19.1 Å². The van der Waals surface area contributed by atoms with E-state index in [0.29, 0.717) is 18.7 Å². The van der Waals surface area contributed by atoms with Crippen molar-refractivity contribution in [2.45, 2.75) is 19.0 Å². The van der Waals surface area contributed by atoms with Crippen LogP contribution >= 0.6 is 0 Å². The Kier molecular flexibility index (Phi) is 4.93. The van der Waals surface area contributed by atoms with E-state index in [0.717, 1.165) is 17.5 Å². The minimum Gasteiger partial charge on any atom is -0.465 e. The predicted molar refractivity (Wildman–Crippen MR) is 76.8 cm³/mol. The van der Waals surface area contributed by atoms with Crippen molar-refractivity contribution in [2.75, 3.05) is 27.4 Å². The fourth-order valence-electron chi connectivity index (χ4n) is 2.48. The van der Waals surface area contributed by atoms with Crippen LogP contribution in [0.3, 0.4) is 0 Å². The SMILES string of the molecule is COCC(N)C(=O)N1CCc2ccc(C(=O)OC)cc2C1. The summed E-state index contributed by atoms with van der Waals surface area (Å²) in [6.07, 6.45) is 0.752. The Morgan fingerprint density at radius 3 is 2.76 bits per heavy atom. The first-order valence-electron chi connectivity index (χ1n) is 6.80. The molecule has 0 fully saturated rings. The average molecular weight is 292 g/mol. The molecular formula is C15H20N2O4. The molecule has 114 valence electrons. The fourth-order valence-corrected chi connectivity index (χ4v) is 2.48. The molecule has 1 aliphatic heterocycles. The number of carbonyl (C=O) groups excluding carboxylic acids is 2. The number of fused-ring (bicyclic) bond motifs is 1. The van der Waals surface area contributed by atoms with E-state index in [1.807, 2.05) is 6.07 Å². The van der Waals surface area contributed by atoms with Crippen molar-refractivity contribution in [3.05, 3.63) is 34.9 Å². The van der Waals surface area contributed by atoms with E-state index in [9.17, 15) is 9.59 Å². The molecule has 0 saturated carbocycles. The zero-order valence-electron chi connectivity index (χ0n) is 12.3. The summed E-state index contributed by atoms with van der Waals surface area (Å²) in [5, 5.41) is 0. The van der Waals surface area contributed by atoms with Crippen LogP contribution in [0.1, 0.15) is 21.5 Å². The normalized spacial score (nSPS) is 15.3. The molecule has 2 N–H and O–H groups in total. The summed E-state index contributed by atoms with van der Waals surface area (Å²) in [6, 6.07) is 4.79. The molecule has 21 heavy (non-hydrogen) atoms. The maximum Gasteiger partial charge on any atom is 0.337 e. The zero-order valence-corrected chi connectivity index (χ0v) is 12.3. The molecule has 0 spiro atoms. The molecule has 1 atom stereocenters. The van der Waals surface area contributed by atoms with Crippen LogP contribution in [-0.2, 0) is 27.2 Å². The van der Waals surface area contributed by atoms with Crippen LogP contribution in [0.2, 0.25) is 0 Å². The molecule has 0 radical (unpaired) electrons. The van der Waals surface area contributed by atoms with Crippen LogP contribution in [0.5, 0.6) is 0 Å². The first kappa shape index (κ1) is 15.5. The van der Waals surface area contributed by atoms with Crippen LogP contribution in [0.15, 0.2) is 18.2 Å². The number of amides is 1. The van der Waals surface area contributed by atoms with Gasteiger partial charge < -0.3 is 20.1 Å². The maximum absolute atomic E-state index is 12.2.